The topological polar surface area (TPSA) is 240 Å². The smallest absolute Gasteiger partial charge is 0.408 e. The molecule has 2 aromatic carbocycles. The minimum Gasteiger partial charge on any atom is -0.540 e. The summed E-state index contributed by atoms with van der Waals surface area (Å²) in [6, 6.07) is 5.76. The molecule has 26 heteroatoms. The Labute approximate surface area is 540 Å². The molecule has 20 nitrogen and oxygen atoms in total. The number of carbonyl (C=O) groups excluding carboxylic acids is 6. The molecule has 2 saturated carbocycles. The zero-order chi connectivity index (χ0) is 63.0. The van der Waals surface area contributed by atoms with Crippen molar-refractivity contribution in [1.82, 2.24) is 40.4 Å². The Morgan fingerprint density at radius 3 is 1.47 bits per heavy atom. The van der Waals surface area contributed by atoms with Crippen molar-refractivity contribution >= 4 is 58.6 Å². The normalized spacial score (nSPS) is 31.8. The van der Waals surface area contributed by atoms with Gasteiger partial charge in [-0.05, 0) is 98.3 Å². The number of amides is 4. The van der Waals surface area contributed by atoms with Crippen LogP contribution in [0.4, 0.5) is 27.2 Å². The summed E-state index contributed by atoms with van der Waals surface area (Å²) in [6.07, 6.45) is -3.73. The van der Waals surface area contributed by atoms with Crippen LogP contribution in [0.25, 0.3) is 22.1 Å². The van der Waals surface area contributed by atoms with Gasteiger partial charge < -0.3 is 58.4 Å². The SMILES string of the molecule is CC[C@@H]1[C@@H]2CN(C(=O)[C@H](C(C)(C)C)NC(=O)O[C@@H]3C[C@H]3CCCC(F)C(F)c3nc4ccc(OC)cc4nc3O2)[C@@H]1[C-]=O.CC[C@@H]1[C@@H]2CN(C(=O)[C@H](C(C)(C)C)NC(=O)O[C@]3(C)C[C@H]3CCCC(F)C(F)c3nc4ccc(OC)cc4nc3O2)[C@@H]1[C-]=O.[V].[V]. The third kappa shape index (κ3) is 15.5. The average molecular weight is 1320 g/mol. The molecule has 4 aliphatic heterocycles. The summed E-state index contributed by atoms with van der Waals surface area (Å²) in [5.41, 5.74) is -1.37. The maximum atomic E-state index is 15.9. The van der Waals surface area contributed by atoms with E-state index in [1.54, 1.807) is 43.3 Å². The summed E-state index contributed by atoms with van der Waals surface area (Å²) in [5.74, 6) is -1.43. The van der Waals surface area contributed by atoms with Gasteiger partial charge in [-0.2, -0.15) is 0 Å². The Balaban J connectivity index is 0.000000248. The number of aromatic nitrogens is 4. The molecule has 89 heavy (non-hydrogen) atoms. The second-order valence-corrected chi connectivity index (χ2v) is 26.2. The number of benzene rings is 2. The molecule has 6 heterocycles. The van der Waals surface area contributed by atoms with Gasteiger partial charge in [0.1, 0.15) is 71.2 Å². The number of alkyl halides is 4. The molecule has 484 valence electrons. The third-order valence-electron chi connectivity index (χ3n) is 18.0. The molecule has 2 aliphatic carbocycles. The number of carbonyl (C=O) groups is 4. The summed E-state index contributed by atoms with van der Waals surface area (Å²) >= 11 is 0. The number of rotatable bonds is 6. The van der Waals surface area contributed by atoms with E-state index in [0.29, 0.717) is 84.9 Å². The van der Waals surface area contributed by atoms with Crippen LogP contribution < -0.4 is 29.6 Å². The number of hydrogen-bond acceptors (Lipinski definition) is 16. The first-order chi connectivity index (χ1) is 41.2. The molecule has 2 N–H and O–H groups in total. The van der Waals surface area contributed by atoms with E-state index in [9.17, 15) is 28.8 Å². The molecule has 16 atom stereocenters. The fourth-order valence-electron chi connectivity index (χ4n) is 12.5. The molecule has 4 fully saturated rings. The van der Waals surface area contributed by atoms with Crippen LogP contribution in [0.2, 0.25) is 0 Å². The third-order valence-corrected chi connectivity index (χ3v) is 18.0. The van der Waals surface area contributed by atoms with Crippen molar-refractivity contribution in [2.24, 2.45) is 34.5 Å². The molecule has 4 unspecified atom stereocenters. The Morgan fingerprint density at radius 1 is 0.618 bits per heavy atom. The average Bonchev–Trinajstić information content (AvgIpc) is 1.86. The fourth-order valence-corrected chi connectivity index (χ4v) is 12.5. The van der Waals surface area contributed by atoms with Crippen LogP contribution in [0.1, 0.15) is 150 Å². The molecule has 4 bridgehead atoms. The number of fused-ring (bicyclic) bond motifs is 10. The van der Waals surface area contributed by atoms with E-state index in [1.165, 1.54) is 24.0 Å². The monoisotopic (exact) mass is 1320 g/mol. The predicted molar refractivity (Wildman–Crippen MR) is 310 cm³/mol. The summed E-state index contributed by atoms with van der Waals surface area (Å²) in [6.45, 7) is 16.2. The van der Waals surface area contributed by atoms with Crippen LogP contribution in [-0.4, -0.2) is 154 Å². The van der Waals surface area contributed by atoms with Gasteiger partial charge in [-0.25, -0.2) is 59.7 Å². The summed E-state index contributed by atoms with van der Waals surface area (Å²) < 4.78 is 97.0. The number of nitrogens with one attached hydrogen (secondary N) is 2. The molecule has 2 aromatic heterocycles. The van der Waals surface area contributed by atoms with Gasteiger partial charge in [0.15, 0.2) is 12.3 Å². The molecule has 4 aromatic rings. The summed E-state index contributed by atoms with van der Waals surface area (Å²) in [7, 11) is 3.00. The van der Waals surface area contributed by atoms with Crippen molar-refractivity contribution in [3.05, 3.63) is 47.8 Å². The first kappa shape index (κ1) is 70.5. The van der Waals surface area contributed by atoms with Crippen LogP contribution >= 0.6 is 0 Å². The van der Waals surface area contributed by atoms with Crippen molar-refractivity contribution < 1.29 is 112 Å². The van der Waals surface area contributed by atoms with Gasteiger partial charge in [-0.15, -0.1) is 0 Å². The van der Waals surface area contributed by atoms with Gasteiger partial charge in [0.05, 0.1) is 49.4 Å². The van der Waals surface area contributed by atoms with Gasteiger partial charge in [0.25, 0.3) is 0 Å². The fraction of sp³-hybridized carbons (Fsp3) is 0.651. The number of methoxy groups -OCH3 is 2. The van der Waals surface area contributed by atoms with E-state index in [-0.39, 0.29) is 104 Å². The second kappa shape index (κ2) is 28.7. The molecular weight excluding hydrogens is 1240 g/mol. The molecule has 0 spiro atoms. The van der Waals surface area contributed by atoms with Gasteiger partial charge in [-0.1, -0.05) is 93.2 Å². The number of hydrogen-bond donors (Lipinski definition) is 2. The zero-order valence-electron chi connectivity index (χ0n) is 52.1. The van der Waals surface area contributed by atoms with Gasteiger partial charge in [-0.3, -0.25) is 9.59 Å². The van der Waals surface area contributed by atoms with Crippen LogP contribution in [0.3, 0.4) is 0 Å². The number of nitrogens with zero attached hydrogens (tertiary/aromatic N) is 6. The maximum absolute atomic E-state index is 15.9. The molecule has 6 aliphatic rings. The van der Waals surface area contributed by atoms with E-state index in [0.717, 1.165) is 0 Å². The maximum Gasteiger partial charge on any atom is 0.408 e. The van der Waals surface area contributed by atoms with Gasteiger partial charge in [0.2, 0.25) is 23.6 Å². The summed E-state index contributed by atoms with van der Waals surface area (Å²) in [5, 5.41) is 5.47. The predicted octanol–water partition coefficient (Wildman–Crippen LogP) is 9.97. The second-order valence-electron chi connectivity index (χ2n) is 26.2. The van der Waals surface area contributed by atoms with Crippen molar-refractivity contribution in [1.29, 1.82) is 0 Å². The van der Waals surface area contributed by atoms with Gasteiger partial charge in [0, 0.05) is 55.2 Å². The largest absolute Gasteiger partial charge is 0.540 e. The minimum atomic E-state index is -2.13. The summed E-state index contributed by atoms with van der Waals surface area (Å²) in [4.78, 5) is 99.2. The number of alkyl carbamates (subject to hydrolysis) is 2. The van der Waals surface area contributed by atoms with Crippen molar-refractivity contribution in [2.45, 2.75) is 199 Å². The zero-order valence-corrected chi connectivity index (χ0v) is 54.9. The van der Waals surface area contributed by atoms with Crippen LogP contribution in [0, 0.1) is 34.5 Å². The minimum absolute atomic E-state index is 0. The molecular formula is C63H80F4N8O12V2-2. The van der Waals surface area contributed by atoms with Crippen LogP contribution in [0.15, 0.2) is 36.4 Å². The number of ether oxygens (including phenoxy) is 6. The van der Waals surface area contributed by atoms with E-state index < -0.39 is 113 Å². The van der Waals surface area contributed by atoms with Crippen molar-refractivity contribution in [2.75, 3.05) is 27.3 Å². The Morgan fingerprint density at radius 2 is 1.06 bits per heavy atom. The first-order valence-electron chi connectivity index (χ1n) is 30.2. The molecule has 10 rings (SSSR count). The standard InChI is InChI=1S/C32H41F2N4O6.C31H39F2N4O6.2V/c1-7-19-23(16-39)38-15-24(19)43-28-26(35-21-12-11-18(42-6)13-22(21)36-28)25(34)20(33)10-8-9-17-14-32(17,5)44-30(41)37-27(29(38)40)31(2,3)4;1-6-18-22(15-38)37-14-24(18)42-28-26(34-20-11-10-17(41-5)13-21(20)35-28)25(33)19(32)9-7-8-16-12-23(16)43-30(40)36-27(29(37)39)31(2,3)4;;/h11-13,17,19-20,23-25,27H,7-10,14-15H2,1-6H3,(H,37,41);10-11,13,16,18-19,22-25,27H,6-9,12,14H2,1-5H3,(H,36,40);;/q2*-1;;/t17-,19+,20?,23-,24+,25?,27-,32-;16-,18+,19?,22-,23-,24+,25?,27-;;/m11../s1. The molecule has 4 amide bonds. The van der Waals surface area contributed by atoms with Crippen LogP contribution in [0.5, 0.6) is 23.3 Å². The van der Waals surface area contributed by atoms with E-state index in [1.807, 2.05) is 68.0 Å². The Kier molecular flexibility index (Phi) is 22.7. The van der Waals surface area contributed by atoms with E-state index >= 15 is 17.6 Å². The molecule has 2 radical (unpaired) electrons. The van der Waals surface area contributed by atoms with Crippen molar-refractivity contribution in [3.8, 4) is 23.3 Å². The number of halogens is 4. The van der Waals surface area contributed by atoms with Crippen molar-refractivity contribution in [3.63, 3.8) is 0 Å². The first-order valence-corrected chi connectivity index (χ1v) is 30.2. The van der Waals surface area contributed by atoms with E-state index in [4.69, 9.17) is 28.4 Å². The van der Waals surface area contributed by atoms with Gasteiger partial charge >= 0.3 is 12.2 Å². The van der Waals surface area contributed by atoms with Crippen LogP contribution in [-0.2, 0) is 65.8 Å². The Bertz CT molecular complexity index is 3220. The quantitative estimate of drug-likeness (QED) is 0.135. The van der Waals surface area contributed by atoms with E-state index in [2.05, 4.69) is 30.6 Å². The Hall–Kier alpha value is -5.97. The molecule has 2 saturated heterocycles.